The van der Waals surface area contributed by atoms with Crippen molar-refractivity contribution < 1.29 is 0 Å². The highest BCUT2D eigenvalue weighted by Crippen LogP contribution is 2.05. The molecule has 1 nitrogen and oxygen atoms in total. The van der Waals surface area contributed by atoms with Gasteiger partial charge in [0.25, 0.3) is 0 Å². The molecule has 0 aliphatic rings. The molecule has 0 amide bonds. The van der Waals surface area contributed by atoms with Crippen LogP contribution in [0, 0.1) is 0 Å². The van der Waals surface area contributed by atoms with E-state index >= 15 is 0 Å². The minimum Gasteiger partial charge on any atom is -0.309 e. The predicted molar refractivity (Wildman–Crippen MR) is 70.3 cm³/mol. The van der Waals surface area contributed by atoms with Gasteiger partial charge in [0, 0.05) is 0 Å². The lowest BCUT2D eigenvalue weighted by Gasteiger charge is -2.07. The molecular weight excluding hydrogens is 182 g/mol. The maximum absolute atomic E-state index is 2.36. The van der Waals surface area contributed by atoms with Crippen molar-refractivity contribution in [2.24, 2.45) is 0 Å². The average molecular weight is 211 g/mol. The van der Waals surface area contributed by atoms with Gasteiger partial charge in [-0.1, -0.05) is 44.8 Å². The highest BCUT2D eigenvalue weighted by atomic mass is 15.0. The van der Waals surface area contributed by atoms with Gasteiger partial charge < -0.3 is 4.90 Å². The molecule has 0 saturated carbocycles. The second kappa shape index (κ2) is 11.8. The largest absolute Gasteiger partial charge is 0.309 e. The van der Waals surface area contributed by atoms with Gasteiger partial charge >= 0.3 is 0 Å². The fourth-order valence-electron chi connectivity index (χ4n) is 1.60. The Morgan fingerprint density at radius 2 is 1.40 bits per heavy atom. The topological polar surface area (TPSA) is 3.24 Å². The predicted octanol–water partition coefficient (Wildman–Crippen LogP) is 4.24. The van der Waals surface area contributed by atoms with Crippen LogP contribution in [-0.2, 0) is 0 Å². The first-order valence-corrected chi connectivity index (χ1v) is 6.57. The summed E-state index contributed by atoms with van der Waals surface area (Å²) in [5, 5.41) is 0. The normalized spacial score (nSPS) is 11.7. The summed E-state index contributed by atoms with van der Waals surface area (Å²) in [6, 6.07) is 0. The molecule has 0 aromatic heterocycles. The number of nitrogens with zero attached hydrogens (tertiary/aromatic N) is 1. The molecule has 0 radical (unpaired) electrons. The third-order valence-corrected chi connectivity index (χ3v) is 2.62. The maximum Gasteiger partial charge on any atom is -0.00248 e. The summed E-state index contributed by atoms with van der Waals surface area (Å²) in [5.74, 6) is 0. The van der Waals surface area contributed by atoms with Gasteiger partial charge in [-0.15, -0.1) is 0 Å². The Hall–Kier alpha value is -0.300. The summed E-state index contributed by atoms with van der Waals surface area (Å²) in [6.07, 6.45) is 15.4. The molecule has 0 atom stereocenters. The van der Waals surface area contributed by atoms with E-state index in [1.165, 1.54) is 57.9 Å². The van der Waals surface area contributed by atoms with Crippen LogP contribution in [0.15, 0.2) is 12.2 Å². The Morgan fingerprint density at radius 3 is 2.00 bits per heavy atom. The molecule has 0 aliphatic carbocycles. The zero-order valence-corrected chi connectivity index (χ0v) is 11.0. The lowest BCUT2D eigenvalue weighted by Crippen LogP contribution is -2.12. The van der Waals surface area contributed by atoms with Crippen LogP contribution in [-0.4, -0.2) is 25.5 Å². The Kier molecular flexibility index (Phi) is 11.5. The summed E-state index contributed by atoms with van der Waals surface area (Å²) in [7, 11) is 4.30. The SMILES string of the molecule is CCCC/C=C/CCCCCCN(C)C. The van der Waals surface area contributed by atoms with Gasteiger partial charge in [0.15, 0.2) is 0 Å². The van der Waals surface area contributed by atoms with Crippen LogP contribution in [0.1, 0.15) is 58.3 Å². The standard InChI is InChI=1S/C14H29N/c1-4-5-6-7-8-9-10-11-12-13-14-15(2)3/h7-8H,4-6,9-14H2,1-3H3/b8-7+. The average Bonchev–Trinajstić information content (AvgIpc) is 2.20. The molecule has 0 aliphatic heterocycles. The van der Waals surface area contributed by atoms with E-state index in [0.717, 1.165) is 0 Å². The molecule has 0 N–H and O–H groups in total. The number of rotatable bonds is 10. The third-order valence-electron chi connectivity index (χ3n) is 2.62. The lowest BCUT2D eigenvalue weighted by molar-refractivity contribution is 0.390. The first kappa shape index (κ1) is 14.7. The van der Waals surface area contributed by atoms with E-state index in [0.29, 0.717) is 0 Å². The van der Waals surface area contributed by atoms with Crippen molar-refractivity contribution in [2.45, 2.75) is 58.3 Å². The second-order valence-corrected chi connectivity index (χ2v) is 4.62. The van der Waals surface area contributed by atoms with Crippen molar-refractivity contribution in [3.63, 3.8) is 0 Å². The molecule has 1 heteroatoms. The third kappa shape index (κ3) is 13.7. The van der Waals surface area contributed by atoms with Gasteiger partial charge in [0.2, 0.25) is 0 Å². The zero-order valence-electron chi connectivity index (χ0n) is 11.0. The molecule has 0 heterocycles. The molecule has 15 heavy (non-hydrogen) atoms. The summed E-state index contributed by atoms with van der Waals surface area (Å²) >= 11 is 0. The van der Waals surface area contributed by atoms with Crippen molar-refractivity contribution in [1.29, 1.82) is 0 Å². The van der Waals surface area contributed by atoms with E-state index in [1.54, 1.807) is 0 Å². The van der Waals surface area contributed by atoms with E-state index < -0.39 is 0 Å². The van der Waals surface area contributed by atoms with Crippen molar-refractivity contribution >= 4 is 0 Å². The van der Waals surface area contributed by atoms with Crippen LogP contribution in [0.25, 0.3) is 0 Å². The zero-order chi connectivity index (χ0) is 11.4. The van der Waals surface area contributed by atoms with Crippen molar-refractivity contribution in [1.82, 2.24) is 4.90 Å². The van der Waals surface area contributed by atoms with Crippen LogP contribution in [0.2, 0.25) is 0 Å². The minimum absolute atomic E-state index is 1.24. The summed E-state index contributed by atoms with van der Waals surface area (Å²) in [5.41, 5.74) is 0. The summed E-state index contributed by atoms with van der Waals surface area (Å²) in [6.45, 7) is 3.49. The fraction of sp³-hybridized carbons (Fsp3) is 0.857. The van der Waals surface area contributed by atoms with E-state index in [2.05, 4.69) is 38.1 Å². The Morgan fingerprint density at radius 1 is 0.800 bits per heavy atom. The molecule has 0 saturated heterocycles. The van der Waals surface area contributed by atoms with E-state index in [1.807, 2.05) is 0 Å². The molecule has 0 aromatic carbocycles. The monoisotopic (exact) mass is 211 g/mol. The molecule has 0 spiro atoms. The van der Waals surface area contributed by atoms with Crippen LogP contribution in [0.3, 0.4) is 0 Å². The van der Waals surface area contributed by atoms with Gasteiger partial charge in [-0.05, 0) is 46.3 Å². The van der Waals surface area contributed by atoms with Gasteiger partial charge in [0.1, 0.15) is 0 Å². The number of unbranched alkanes of at least 4 members (excludes halogenated alkanes) is 6. The minimum atomic E-state index is 1.24. The molecule has 90 valence electrons. The van der Waals surface area contributed by atoms with Crippen molar-refractivity contribution in [2.75, 3.05) is 20.6 Å². The van der Waals surface area contributed by atoms with Gasteiger partial charge in [0.05, 0.1) is 0 Å². The van der Waals surface area contributed by atoms with Crippen molar-refractivity contribution in [3.8, 4) is 0 Å². The number of hydrogen-bond donors (Lipinski definition) is 0. The first-order chi connectivity index (χ1) is 7.27. The van der Waals surface area contributed by atoms with Crippen LogP contribution in [0.4, 0.5) is 0 Å². The maximum atomic E-state index is 2.36. The molecular formula is C14H29N. The Labute approximate surface area is 96.6 Å². The van der Waals surface area contributed by atoms with Crippen LogP contribution >= 0.6 is 0 Å². The highest BCUT2D eigenvalue weighted by Gasteiger charge is 1.90. The number of hydrogen-bond acceptors (Lipinski definition) is 1. The highest BCUT2D eigenvalue weighted by molar-refractivity contribution is 4.81. The van der Waals surface area contributed by atoms with Gasteiger partial charge in [-0.25, -0.2) is 0 Å². The Bertz CT molecular complexity index is 138. The summed E-state index contributed by atoms with van der Waals surface area (Å²) < 4.78 is 0. The van der Waals surface area contributed by atoms with Crippen LogP contribution in [0.5, 0.6) is 0 Å². The molecule has 0 rings (SSSR count). The molecule has 0 bridgehead atoms. The van der Waals surface area contributed by atoms with Gasteiger partial charge in [-0.3, -0.25) is 0 Å². The Balaban J connectivity index is 3.01. The van der Waals surface area contributed by atoms with Gasteiger partial charge in [-0.2, -0.15) is 0 Å². The first-order valence-electron chi connectivity index (χ1n) is 6.57. The van der Waals surface area contributed by atoms with Crippen molar-refractivity contribution in [3.05, 3.63) is 12.2 Å². The van der Waals surface area contributed by atoms with E-state index in [9.17, 15) is 0 Å². The summed E-state index contributed by atoms with van der Waals surface area (Å²) in [4.78, 5) is 2.27. The molecule has 0 aromatic rings. The lowest BCUT2D eigenvalue weighted by atomic mass is 10.1. The second-order valence-electron chi connectivity index (χ2n) is 4.62. The fourth-order valence-corrected chi connectivity index (χ4v) is 1.60. The van der Waals surface area contributed by atoms with E-state index in [4.69, 9.17) is 0 Å². The quantitative estimate of drug-likeness (QED) is 0.386. The smallest absolute Gasteiger partial charge is 0.00248 e. The molecule has 0 unspecified atom stereocenters. The number of allylic oxidation sites excluding steroid dienone is 2. The molecule has 0 fully saturated rings. The van der Waals surface area contributed by atoms with Crippen LogP contribution < -0.4 is 0 Å². The van der Waals surface area contributed by atoms with E-state index in [-0.39, 0.29) is 0 Å².